The van der Waals surface area contributed by atoms with Gasteiger partial charge in [0.2, 0.25) is 0 Å². The molecule has 1 aliphatic heterocycles. The molecular weight excluding hydrogens is 416 g/mol. The summed E-state index contributed by atoms with van der Waals surface area (Å²) in [6.07, 6.45) is 7.35. The maximum Gasteiger partial charge on any atom is 0.254 e. The Hall–Kier alpha value is -2.91. The summed E-state index contributed by atoms with van der Waals surface area (Å²) in [5, 5.41) is 0. The highest BCUT2D eigenvalue weighted by Gasteiger charge is 2.35. The van der Waals surface area contributed by atoms with Crippen molar-refractivity contribution in [3.05, 3.63) is 108 Å². The molecule has 1 heterocycles. The molecule has 3 aromatic carbocycles. The van der Waals surface area contributed by atoms with Crippen molar-refractivity contribution >= 4 is 5.91 Å². The van der Waals surface area contributed by atoms with Crippen molar-refractivity contribution in [1.82, 2.24) is 9.80 Å². The Labute approximate surface area is 204 Å². The van der Waals surface area contributed by atoms with Gasteiger partial charge >= 0.3 is 0 Å². The van der Waals surface area contributed by atoms with E-state index in [4.69, 9.17) is 0 Å². The summed E-state index contributed by atoms with van der Waals surface area (Å²) in [4.78, 5) is 18.5. The quantitative estimate of drug-likeness (QED) is 0.425. The van der Waals surface area contributed by atoms with Crippen LogP contribution in [-0.4, -0.2) is 40.9 Å². The first-order chi connectivity index (χ1) is 16.8. The van der Waals surface area contributed by atoms with Crippen molar-refractivity contribution in [1.29, 1.82) is 0 Å². The number of piperidine rings is 1. The maximum atomic E-state index is 13.6. The van der Waals surface area contributed by atoms with E-state index in [2.05, 4.69) is 64.4 Å². The van der Waals surface area contributed by atoms with E-state index in [0.29, 0.717) is 18.5 Å². The number of hydrogen-bond donors (Lipinski definition) is 0. The molecule has 0 unspecified atom stereocenters. The molecule has 2 atom stereocenters. The highest BCUT2D eigenvalue weighted by molar-refractivity contribution is 5.94. The Balaban J connectivity index is 1.30. The van der Waals surface area contributed by atoms with E-state index in [9.17, 15) is 4.79 Å². The fourth-order valence-corrected chi connectivity index (χ4v) is 6.06. The van der Waals surface area contributed by atoms with Crippen LogP contribution < -0.4 is 0 Å². The van der Waals surface area contributed by atoms with Gasteiger partial charge in [-0.25, -0.2) is 0 Å². The van der Waals surface area contributed by atoms with Gasteiger partial charge in [-0.2, -0.15) is 0 Å². The van der Waals surface area contributed by atoms with E-state index in [-0.39, 0.29) is 11.9 Å². The highest BCUT2D eigenvalue weighted by Crippen LogP contribution is 2.37. The predicted molar refractivity (Wildman–Crippen MR) is 139 cm³/mol. The number of rotatable bonds is 6. The van der Waals surface area contributed by atoms with Gasteiger partial charge in [-0.1, -0.05) is 91.7 Å². The standard InChI is InChI=1S/C31H36N2O/c34-31(27-16-8-3-9-17-27)33(24-25-12-4-1-5-13-25)28-20-22-32(23-21-28)30-19-11-10-18-29(30)26-14-6-2-7-15-26/h1-9,12-17,28-30H,10-11,18-24H2/t29-,30-/m1/s1. The summed E-state index contributed by atoms with van der Waals surface area (Å²) in [5.41, 5.74) is 3.49. The first-order valence-corrected chi connectivity index (χ1v) is 13.0. The first kappa shape index (κ1) is 22.9. The van der Waals surface area contributed by atoms with Gasteiger partial charge in [-0.3, -0.25) is 9.69 Å². The number of amides is 1. The van der Waals surface area contributed by atoms with Crippen molar-refractivity contribution in [2.24, 2.45) is 0 Å². The summed E-state index contributed by atoms with van der Waals surface area (Å²) in [7, 11) is 0. The van der Waals surface area contributed by atoms with Crippen LogP contribution in [0.5, 0.6) is 0 Å². The second kappa shape index (κ2) is 11.0. The zero-order chi connectivity index (χ0) is 23.2. The molecule has 2 fully saturated rings. The zero-order valence-electron chi connectivity index (χ0n) is 20.1. The van der Waals surface area contributed by atoms with Crippen LogP contribution >= 0.6 is 0 Å². The molecule has 0 N–H and O–H groups in total. The third-order valence-corrected chi connectivity index (χ3v) is 7.84. The Morgan fingerprint density at radius 3 is 2.00 bits per heavy atom. The lowest BCUT2D eigenvalue weighted by atomic mass is 9.78. The number of hydrogen-bond acceptors (Lipinski definition) is 2. The van der Waals surface area contributed by atoms with Crippen LogP contribution in [0.4, 0.5) is 0 Å². The molecule has 1 saturated carbocycles. The van der Waals surface area contributed by atoms with Gasteiger partial charge < -0.3 is 4.90 Å². The molecule has 1 amide bonds. The lowest BCUT2D eigenvalue weighted by Gasteiger charge is -2.45. The highest BCUT2D eigenvalue weighted by atomic mass is 16.2. The smallest absolute Gasteiger partial charge is 0.254 e. The molecule has 176 valence electrons. The molecule has 0 spiro atoms. The molecule has 0 bridgehead atoms. The third-order valence-electron chi connectivity index (χ3n) is 7.84. The van der Waals surface area contributed by atoms with Gasteiger partial charge in [0.15, 0.2) is 0 Å². The normalized spacial score (nSPS) is 21.8. The van der Waals surface area contributed by atoms with Crippen molar-refractivity contribution in [3.8, 4) is 0 Å². The molecule has 3 aromatic rings. The van der Waals surface area contributed by atoms with Crippen LogP contribution in [0.1, 0.15) is 65.9 Å². The summed E-state index contributed by atoms with van der Waals surface area (Å²) >= 11 is 0. The molecule has 1 saturated heterocycles. The predicted octanol–water partition coefficient (Wildman–Crippen LogP) is 6.52. The molecular formula is C31H36N2O. The number of carbonyl (C=O) groups is 1. The second-order valence-electron chi connectivity index (χ2n) is 9.92. The van der Waals surface area contributed by atoms with Crippen LogP contribution in [0.15, 0.2) is 91.0 Å². The van der Waals surface area contributed by atoms with Crippen molar-refractivity contribution in [2.75, 3.05) is 13.1 Å². The largest absolute Gasteiger partial charge is 0.331 e. The topological polar surface area (TPSA) is 23.6 Å². The van der Waals surface area contributed by atoms with E-state index in [1.165, 1.54) is 36.8 Å². The number of nitrogens with zero attached hydrogens (tertiary/aromatic N) is 2. The minimum absolute atomic E-state index is 0.155. The van der Waals surface area contributed by atoms with Crippen LogP contribution in [0.2, 0.25) is 0 Å². The molecule has 2 aliphatic rings. The molecule has 0 radical (unpaired) electrons. The Morgan fingerprint density at radius 2 is 1.32 bits per heavy atom. The first-order valence-electron chi connectivity index (χ1n) is 13.0. The van der Waals surface area contributed by atoms with E-state index in [1.54, 1.807) is 0 Å². The Kier molecular flexibility index (Phi) is 7.40. The van der Waals surface area contributed by atoms with Gasteiger partial charge in [-0.05, 0) is 54.9 Å². The van der Waals surface area contributed by atoms with Crippen molar-refractivity contribution < 1.29 is 4.79 Å². The lowest BCUT2D eigenvalue weighted by molar-refractivity contribution is 0.0432. The lowest BCUT2D eigenvalue weighted by Crippen LogP contribution is -2.51. The molecule has 0 aromatic heterocycles. The fourth-order valence-electron chi connectivity index (χ4n) is 6.06. The van der Waals surface area contributed by atoms with Crippen molar-refractivity contribution in [3.63, 3.8) is 0 Å². The fraction of sp³-hybridized carbons (Fsp3) is 0.387. The molecule has 3 nitrogen and oxygen atoms in total. The Bertz CT molecular complexity index is 1030. The molecule has 5 rings (SSSR count). The molecule has 3 heteroatoms. The average Bonchev–Trinajstić information content (AvgIpc) is 2.93. The van der Waals surface area contributed by atoms with Crippen LogP contribution in [-0.2, 0) is 6.54 Å². The SMILES string of the molecule is O=C(c1ccccc1)N(Cc1ccccc1)C1CCN([C@@H]2CCCC[C@@H]2c2ccccc2)CC1. The van der Waals surface area contributed by atoms with Gasteiger partial charge in [0.05, 0.1) is 0 Å². The van der Waals surface area contributed by atoms with Gasteiger partial charge in [0.25, 0.3) is 5.91 Å². The van der Waals surface area contributed by atoms with Crippen LogP contribution in [0.25, 0.3) is 0 Å². The summed E-state index contributed by atoms with van der Waals surface area (Å²) in [6, 6.07) is 32.3. The van der Waals surface area contributed by atoms with E-state index >= 15 is 0 Å². The summed E-state index contributed by atoms with van der Waals surface area (Å²) in [5.74, 6) is 0.792. The molecule has 1 aliphatic carbocycles. The van der Waals surface area contributed by atoms with Gasteiger partial charge in [0, 0.05) is 37.3 Å². The minimum atomic E-state index is 0.155. The zero-order valence-corrected chi connectivity index (χ0v) is 20.1. The van der Waals surface area contributed by atoms with E-state index in [0.717, 1.165) is 31.5 Å². The average molecular weight is 453 g/mol. The summed E-state index contributed by atoms with van der Waals surface area (Å²) in [6.45, 7) is 2.83. The van der Waals surface area contributed by atoms with Crippen molar-refractivity contribution in [2.45, 2.75) is 63.1 Å². The summed E-state index contributed by atoms with van der Waals surface area (Å²) < 4.78 is 0. The second-order valence-corrected chi connectivity index (χ2v) is 9.92. The van der Waals surface area contributed by atoms with Gasteiger partial charge in [-0.15, -0.1) is 0 Å². The third kappa shape index (κ3) is 5.26. The number of benzene rings is 3. The van der Waals surface area contributed by atoms with Crippen LogP contribution in [0.3, 0.4) is 0 Å². The van der Waals surface area contributed by atoms with Crippen LogP contribution in [0, 0.1) is 0 Å². The Morgan fingerprint density at radius 1 is 0.735 bits per heavy atom. The van der Waals surface area contributed by atoms with E-state index < -0.39 is 0 Å². The monoisotopic (exact) mass is 452 g/mol. The minimum Gasteiger partial charge on any atom is -0.331 e. The molecule has 34 heavy (non-hydrogen) atoms. The van der Waals surface area contributed by atoms with E-state index in [1.807, 2.05) is 36.4 Å². The maximum absolute atomic E-state index is 13.6. The number of likely N-dealkylation sites (tertiary alicyclic amines) is 1. The number of carbonyl (C=O) groups excluding carboxylic acids is 1. The van der Waals surface area contributed by atoms with Gasteiger partial charge in [0.1, 0.15) is 0 Å².